The molecule has 3 aliphatic rings. The van der Waals surface area contributed by atoms with Crippen LogP contribution in [0.5, 0.6) is 0 Å². The number of nitrogens with zero attached hydrogens (tertiary/aromatic N) is 1. The van der Waals surface area contributed by atoms with Crippen molar-refractivity contribution in [2.24, 2.45) is 5.92 Å². The lowest BCUT2D eigenvalue weighted by molar-refractivity contribution is -0.0861. The molecular formula is C22H27N2O8PS2. The molecule has 1 aromatic heterocycles. The number of hydrogen-bond acceptors (Lipinski definition) is 10. The summed E-state index contributed by atoms with van der Waals surface area (Å²) >= 11 is 0. The minimum atomic E-state index is -3.90. The third-order valence-corrected chi connectivity index (χ3v) is 10.2. The van der Waals surface area contributed by atoms with Crippen molar-refractivity contribution in [1.82, 2.24) is 9.55 Å². The van der Waals surface area contributed by atoms with Gasteiger partial charge in [-0.15, -0.1) is 0 Å². The van der Waals surface area contributed by atoms with Crippen LogP contribution < -0.4 is 11.2 Å². The molecule has 35 heavy (non-hydrogen) atoms. The van der Waals surface area contributed by atoms with Gasteiger partial charge in [-0.3, -0.25) is 27.9 Å². The predicted octanol–water partition coefficient (Wildman–Crippen LogP) is 3.35. The number of aromatic amines is 1. The Bertz CT molecular complexity index is 1180. The highest BCUT2D eigenvalue weighted by molar-refractivity contribution is 8.76. The van der Waals surface area contributed by atoms with Gasteiger partial charge in [-0.1, -0.05) is 58.8 Å². The SMILES string of the molecule is CCC1C(n2ccc(=O)[nH]c2=O)O[C@@H]2COP(=O)(O[C@H]3CSSC[C@@H]3OCc3ccccc3)O[C@@H]12. The summed E-state index contributed by atoms with van der Waals surface area (Å²) in [6, 6.07) is 11.1. The molecule has 0 saturated carbocycles. The van der Waals surface area contributed by atoms with E-state index in [1.54, 1.807) is 21.6 Å². The van der Waals surface area contributed by atoms with Crippen molar-refractivity contribution in [2.75, 3.05) is 18.1 Å². The van der Waals surface area contributed by atoms with E-state index >= 15 is 0 Å². The standard InChI is InChI=1S/C22H27N2O8PS2/c1-2-15-20-16(30-21(15)24-9-8-19(25)23-22(24)26)11-29-33(27,32-20)31-18-13-35-34-12-17(18)28-10-14-6-4-3-5-7-14/h3-9,15-18,20-21H,2,10-13H2,1H3,(H,23,25,26)/t15?,16-,17+,18+,20+,21?,33?/m1/s1. The quantitative estimate of drug-likeness (QED) is 0.412. The minimum absolute atomic E-state index is 0.0111. The molecule has 0 aliphatic carbocycles. The summed E-state index contributed by atoms with van der Waals surface area (Å²) in [6.07, 6.45) is -0.532. The van der Waals surface area contributed by atoms with Crippen LogP contribution in [0.3, 0.4) is 0 Å². The van der Waals surface area contributed by atoms with Crippen LogP contribution in [0.4, 0.5) is 0 Å². The maximum atomic E-state index is 13.6. The number of H-pyrrole nitrogens is 1. The Morgan fingerprint density at radius 2 is 1.91 bits per heavy atom. The molecule has 1 N–H and O–H groups in total. The number of phosphoric acid groups is 1. The van der Waals surface area contributed by atoms with Crippen LogP contribution in [-0.2, 0) is 34.2 Å². The van der Waals surface area contributed by atoms with Crippen molar-refractivity contribution in [1.29, 1.82) is 0 Å². The maximum absolute atomic E-state index is 13.6. The van der Waals surface area contributed by atoms with Gasteiger partial charge in [0.1, 0.15) is 24.5 Å². The molecule has 2 aromatic rings. The average molecular weight is 543 g/mol. The van der Waals surface area contributed by atoms with E-state index in [1.807, 2.05) is 37.3 Å². The fraction of sp³-hybridized carbons (Fsp3) is 0.545. The van der Waals surface area contributed by atoms with Crippen LogP contribution in [0.15, 0.2) is 52.2 Å². The van der Waals surface area contributed by atoms with Gasteiger partial charge >= 0.3 is 13.5 Å². The zero-order valence-electron chi connectivity index (χ0n) is 19.0. The second-order valence-corrected chi connectivity index (χ2v) is 12.6. The van der Waals surface area contributed by atoms with E-state index in [4.69, 9.17) is 23.0 Å². The summed E-state index contributed by atoms with van der Waals surface area (Å²) in [5.74, 6) is 0.982. The van der Waals surface area contributed by atoms with Gasteiger partial charge < -0.3 is 9.47 Å². The summed E-state index contributed by atoms with van der Waals surface area (Å²) in [5.41, 5.74) is -0.0126. The highest BCUT2D eigenvalue weighted by Crippen LogP contribution is 2.59. The highest BCUT2D eigenvalue weighted by Gasteiger charge is 2.54. The van der Waals surface area contributed by atoms with Crippen LogP contribution in [0.2, 0.25) is 0 Å². The number of nitrogens with one attached hydrogen (secondary N) is 1. The summed E-state index contributed by atoms with van der Waals surface area (Å²) in [5, 5.41) is 0. The maximum Gasteiger partial charge on any atom is 0.475 e. The summed E-state index contributed by atoms with van der Waals surface area (Å²) in [4.78, 5) is 26.1. The van der Waals surface area contributed by atoms with Gasteiger partial charge in [-0.2, -0.15) is 0 Å². The molecule has 3 saturated heterocycles. The average Bonchev–Trinajstić information content (AvgIpc) is 3.21. The lowest BCUT2D eigenvalue weighted by atomic mass is 9.97. The number of benzene rings is 1. The Morgan fingerprint density at radius 3 is 2.66 bits per heavy atom. The Balaban J connectivity index is 1.28. The zero-order chi connectivity index (χ0) is 24.4. The van der Waals surface area contributed by atoms with Crippen LogP contribution in [0.1, 0.15) is 25.1 Å². The predicted molar refractivity (Wildman–Crippen MR) is 132 cm³/mol. The normalized spacial score (nSPS) is 35.0. The van der Waals surface area contributed by atoms with E-state index in [2.05, 4.69) is 4.98 Å². The molecule has 0 amide bonds. The van der Waals surface area contributed by atoms with Crippen molar-refractivity contribution in [3.63, 3.8) is 0 Å². The number of aromatic nitrogens is 2. The first-order chi connectivity index (χ1) is 17.0. The second kappa shape index (κ2) is 10.9. The van der Waals surface area contributed by atoms with Gasteiger partial charge in [0.2, 0.25) is 0 Å². The van der Waals surface area contributed by atoms with E-state index in [9.17, 15) is 14.2 Å². The summed E-state index contributed by atoms with van der Waals surface area (Å²) < 4.78 is 44.6. The largest absolute Gasteiger partial charge is 0.475 e. The first kappa shape index (κ1) is 25.3. The van der Waals surface area contributed by atoms with Crippen molar-refractivity contribution < 1.29 is 27.6 Å². The van der Waals surface area contributed by atoms with Gasteiger partial charge in [0.25, 0.3) is 5.56 Å². The third-order valence-electron chi connectivity index (χ3n) is 6.25. The van der Waals surface area contributed by atoms with E-state index < -0.39 is 43.6 Å². The molecule has 190 valence electrons. The molecule has 0 bridgehead atoms. The molecule has 0 spiro atoms. The van der Waals surface area contributed by atoms with Gasteiger partial charge in [-0.05, 0) is 12.0 Å². The molecule has 0 radical (unpaired) electrons. The number of fused-ring (bicyclic) bond motifs is 1. The third kappa shape index (κ3) is 5.65. The van der Waals surface area contributed by atoms with Crippen LogP contribution in [0, 0.1) is 5.92 Å². The summed E-state index contributed by atoms with van der Waals surface area (Å²) in [6.45, 7) is 2.37. The Labute approximate surface area is 210 Å². The van der Waals surface area contributed by atoms with Crippen LogP contribution >= 0.6 is 29.4 Å². The van der Waals surface area contributed by atoms with Gasteiger partial charge in [0.15, 0.2) is 0 Å². The van der Waals surface area contributed by atoms with Crippen molar-refractivity contribution in [2.45, 2.75) is 50.6 Å². The topological polar surface area (TPSA) is 118 Å². The first-order valence-corrected chi connectivity index (χ1v) is 15.4. The molecule has 3 fully saturated rings. The first-order valence-electron chi connectivity index (χ1n) is 11.4. The number of phosphoric ester groups is 1. The molecule has 5 rings (SSSR count). The Kier molecular flexibility index (Phi) is 7.90. The van der Waals surface area contributed by atoms with Gasteiger partial charge in [0, 0.05) is 29.7 Å². The molecule has 7 atom stereocenters. The smallest absolute Gasteiger partial charge is 0.370 e. The molecule has 1 aromatic carbocycles. The zero-order valence-corrected chi connectivity index (χ0v) is 21.5. The van der Waals surface area contributed by atoms with E-state index in [0.29, 0.717) is 24.5 Å². The minimum Gasteiger partial charge on any atom is -0.370 e. The van der Waals surface area contributed by atoms with Crippen molar-refractivity contribution >= 4 is 29.4 Å². The van der Waals surface area contributed by atoms with Crippen LogP contribution in [-0.4, -0.2) is 52.1 Å². The van der Waals surface area contributed by atoms with Gasteiger partial charge in [0.05, 0.1) is 19.3 Å². The highest BCUT2D eigenvalue weighted by atomic mass is 33.1. The number of rotatable bonds is 7. The number of hydrogen-bond donors (Lipinski definition) is 1. The van der Waals surface area contributed by atoms with E-state index in [0.717, 1.165) is 5.56 Å². The second-order valence-electron chi connectivity index (χ2n) is 8.52. The van der Waals surface area contributed by atoms with Crippen molar-refractivity contribution in [3.8, 4) is 0 Å². The lowest BCUT2D eigenvalue weighted by Gasteiger charge is -2.36. The fourth-order valence-corrected chi connectivity index (χ4v) is 8.62. The molecular weight excluding hydrogens is 515 g/mol. The van der Waals surface area contributed by atoms with Crippen molar-refractivity contribution in [3.05, 3.63) is 69.0 Å². The molecule has 10 nitrogen and oxygen atoms in total. The number of ether oxygens (including phenoxy) is 2. The molecule has 3 aliphatic heterocycles. The molecule has 3 unspecified atom stereocenters. The monoisotopic (exact) mass is 542 g/mol. The summed E-state index contributed by atoms with van der Waals surface area (Å²) in [7, 11) is -0.587. The van der Waals surface area contributed by atoms with Gasteiger partial charge in [-0.25, -0.2) is 9.36 Å². The Hall–Kier alpha value is -1.37. The Morgan fingerprint density at radius 1 is 1.14 bits per heavy atom. The van der Waals surface area contributed by atoms with E-state index in [-0.39, 0.29) is 18.6 Å². The lowest BCUT2D eigenvalue weighted by Crippen LogP contribution is -2.41. The fourth-order valence-electron chi connectivity index (χ4n) is 4.45. The molecule has 4 heterocycles. The van der Waals surface area contributed by atoms with Crippen LogP contribution in [0.25, 0.3) is 0 Å². The molecule has 13 heteroatoms. The van der Waals surface area contributed by atoms with E-state index in [1.165, 1.54) is 16.8 Å².